The van der Waals surface area contributed by atoms with Crippen LogP contribution in [0.2, 0.25) is 0 Å². The minimum absolute atomic E-state index is 0.114. The topological polar surface area (TPSA) is 50.2 Å². The lowest BCUT2D eigenvalue weighted by molar-refractivity contribution is 0.148. The Balaban J connectivity index is 1.29. The van der Waals surface area contributed by atoms with Crippen molar-refractivity contribution >= 4 is 0 Å². The Bertz CT molecular complexity index is 667. The van der Waals surface area contributed by atoms with Crippen LogP contribution < -0.4 is 10.9 Å². The molecule has 1 aliphatic heterocycles. The standard InChI is InChI=1S/C21H34N4O/c1-15(2)24-12-10-18(11-13-24)22-17-6-8-19(9-7-17)25-21(26)14-16-4-3-5-20(16)23-25/h14-15,17-19,22H,3-13H2,1-2H3. The second-order valence-corrected chi connectivity index (χ2v) is 8.83. The minimum Gasteiger partial charge on any atom is -0.311 e. The van der Waals surface area contributed by atoms with Crippen molar-refractivity contribution in [2.24, 2.45) is 0 Å². The Hall–Kier alpha value is -1.20. The summed E-state index contributed by atoms with van der Waals surface area (Å²) in [5.41, 5.74) is 2.47. The molecule has 2 aliphatic carbocycles. The van der Waals surface area contributed by atoms with Gasteiger partial charge in [-0.25, -0.2) is 4.68 Å². The summed E-state index contributed by atoms with van der Waals surface area (Å²) in [5, 5.41) is 8.63. The molecular formula is C21H34N4O. The normalized spacial score (nSPS) is 27.8. The average molecular weight is 359 g/mol. The zero-order valence-corrected chi connectivity index (χ0v) is 16.4. The van der Waals surface area contributed by atoms with E-state index in [-0.39, 0.29) is 5.56 Å². The number of aryl methyl sites for hydroxylation is 2. The van der Waals surface area contributed by atoms with E-state index in [1.807, 2.05) is 10.7 Å². The average Bonchev–Trinajstić information content (AvgIpc) is 3.09. The van der Waals surface area contributed by atoms with Crippen LogP contribution in [0.25, 0.3) is 0 Å². The van der Waals surface area contributed by atoms with Crippen molar-refractivity contribution in [2.45, 2.75) is 95.8 Å². The molecule has 3 aliphatic rings. The molecule has 1 N–H and O–H groups in total. The van der Waals surface area contributed by atoms with Crippen molar-refractivity contribution in [1.29, 1.82) is 0 Å². The largest absolute Gasteiger partial charge is 0.311 e. The van der Waals surface area contributed by atoms with E-state index in [9.17, 15) is 4.79 Å². The molecule has 0 spiro atoms. The first-order valence-corrected chi connectivity index (χ1v) is 10.7. The molecule has 1 saturated carbocycles. The van der Waals surface area contributed by atoms with Crippen LogP contribution in [0.5, 0.6) is 0 Å². The number of hydrogen-bond acceptors (Lipinski definition) is 4. The maximum Gasteiger partial charge on any atom is 0.267 e. The van der Waals surface area contributed by atoms with E-state index in [2.05, 4.69) is 24.1 Å². The van der Waals surface area contributed by atoms with Gasteiger partial charge in [-0.2, -0.15) is 5.10 Å². The van der Waals surface area contributed by atoms with Crippen molar-refractivity contribution in [1.82, 2.24) is 20.0 Å². The summed E-state index contributed by atoms with van der Waals surface area (Å²) in [5.74, 6) is 0. The van der Waals surface area contributed by atoms with Gasteiger partial charge in [-0.15, -0.1) is 0 Å². The molecule has 0 radical (unpaired) electrons. The lowest BCUT2D eigenvalue weighted by atomic mass is 9.90. The summed E-state index contributed by atoms with van der Waals surface area (Å²) >= 11 is 0. The first kappa shape index (κ1) is 18.2. The van der Waals surface area contributed by atoms with Crippen molar-refractivity contribution in [3.05, 3.63) is 27.7 Å². The Labute approximate surface area is 157 Å². The molecule has 0 amide bonds. The van der Waals surface area contributed by atoms with Gasteiger partial charge in [-0.05, 0) is 90.3 Å². The highest BCUT2D eigenvalue weighted by Gasteiger charge is 2.28. The third kappa shape index (κ3) is 3.89. The summed E-state index contributed by atoms with van der Waals surface area (Å²) in [6.07, 6.45) is 10.3. The van der Waals surface area contributed by atoms with Crippen LogP contribution in [0.15, 0.2) is 10.9 Å². The number of fused-ring (bicyclic) bond motifs is 1. The van der Waals surface area contributed by atoms with E-state index in [0.29, 0.717) is 24.2 Å². The van der Waals surface area contributed by atoms with Gasteiger partial charge in [0.25, 0.3) is 5.56 Å². The highest BCUT2D eigenvalue weighted by Crippen LogP contribution is 2.29. The van der Waals surface area contributed by atoms with Crippen molar-refractivity contribution < 1.29 is 0 Å². The van der Waals surface area contributed by atoms with E-state index in [1.165, 1.54) is 50.0 Å². The first-order chi connectivity index (χ1) is 12.6. The van der Waals surface area contributed by atoms with Crippen LogP contribution in [0.3, 0.4) is 0 Å². The zero-order valence-electron chi connectivity index (χ0n) is 16.4. The van der Waals surface area contributed by atoms with Crippen LogP contribution in [0.1, 0.15) is 76.1 Å². The quantitative estimate of drug-likeness (QED) is 0.899. The number of likely N-dealkylation sites (tertiary alicyclic amines) is 1. The van der Waals surface area contributed by atoms with Gasteiger partial charge in [0.2, 0.25) is 0 Å². The molecule has 1 saturated heterocycles. The van der Waals surface area contributed by atoms with Crippen molar-refractivity contribution in [3.63, 3.8) is 0 Å². The second kappa shape index (κ2) is 7.81. The van der Waals surface area contributed by atoms with Gasteiger partial charge in [0.1, 0.15) is 0 Å². The molecule has 1 aromatic heterocycles. The Kier molecular flexibility index (Phi) is 5.46. The van der Waals surface area contributed by atoms with Gasteiger partial charge in [0.05, 0.1) is 11.7 Å². The summed E-state index contributed by atoms with van der Waals surface area (Å²) in [6.45, 7) is 7.03. The molecule has 5 nitrogen and oxygen atoms in total. The van der Waals surface area contributed by atoms with Gasteiger partial charge in [-0.1, -0.05) is 0 Å². The van der Waals surface area contributed by atoms with Crippen LogP contribution in [-0.4, -0.2) is 45.9 Å². The minimum atomic E-state index is 0.114. The predicted molar refractivity (Wildman–Crippen MR) is 105 cm³/mol. The summed E-state index contributed by atoms with van der Waals surface area (Å²) in [6, 6.07) is 4.11. The molecular weight excluding hydrogens is 324 g/mol. The molecule has 2 fully saturated rings. The molecule has 4 rings (SSSR count). The smallest absolute Gasteiger partial charge is 0.267 e. The summed E-state index contributed by atoms with van der Waals surface area (Å²) in [4.78, 5) is 15.0. The lowest BCUT2D eigenvalue weighted by Gasteiger charge is -2.38. The molecule has 0 unspecified atom stereocenters. The monoisotopic (exact) mass is 358 g/mol. The SMILES string of the molecule is CC(C)N1CCC(NC2CCC(n3nc4c(cc3=O)CCC4)CC2)CC1. The van der Waals surface area contributed by atoms with Crippen LogP contribution in [0, 0.1) is 0 Å². The van der Waals surface area contributed by atoms with Gasteiger partial charge in [0, 0.05) is 24.2 Å². The highest BCUT2D eigenvalue weighted by molar-refractivity contribution is 5.22. The van der Waals surface area contributed by atoms with Crippen LogP contribution in [0.4, 0.5) is 0 Å². The number of rotatable bonds is 4. The van der Waals surface area contributed by atoms with Gasteiger partial charge in [-0.3, -0.25) is 4.79 Å². The number of nitrogens with one attached hydrogen (secondary N) is 1. The van der Waals surface area contributed by atoms with Crippen LogP contribution in [-0.2, 0) is 12.8 Å². The third-order valence-electron chi connectivity index (χ3n) is 6.76. The van der Waals surface area contributed by atoms with Gasteiger partial charge < -0.3 is 10.2 Å². The second-order valence-electron chi connectivity index (χ2n) is 8.83. The van der Waals surface area contributed by atoms with E-state index >= 15 is 0 Å². The maximum absolute atomic E-state index is 12.4. The fourth-order valence-corrected chi connectivity index (χ4v) is 5.08. The number of nitrogens with zero attached hydrogens (tertiary/aromatic N) is 3. The molecule has 0 aromatic carbocycles. The van der Waals surface area contributed by atoms with Crippen molar-refractivity contribution in [2.75, 3.05) is 13.1 Å². The lowest BCUT2D eigenvalue weighted by Crippen LogP contribution is -2.48. The molecule has 26 heavy (non-hydrogen) atoms. The molecule has 1 aromatic rings. The molecule has 0 atom stereocenters. The highest BCUT2D eigenvalue weighted by atomic mass is 16.1. The maximum atomic E-state index is 12.4. The van der Waals surface area contributed by atoms with E-state index < -0.39 is 0 Å². The number of piperidine rings is 1. The Morgan fingerprint density at radius 3 is 2.42 bits per heavy atom. The van der Waals surface area contributed by atoms with E-state index in [0.717, 1.165) is 32.1 Å². The fraction of sp³-hybridized carbons (Fsp3) is 0.810. The first-order valence-electron chi connectivity index (χ1n) is 10.7. The van der Waals surface area contributed by atoms with Crippen molar-refractivity contribution in [3.8, 4) is 0 Å². The molecule has 144 valence electrons. The Morgan fingerprint density at radius 1 is 1.04 bits per heavy atom. The molecule has 5 heteroatoms. The van der Waals surface area contributed by atoms with Gasteiger partial charge in [0.15, 0.2) is 0 Å². The summed E-state index contributed by atoms with van der Waals surface area (Å²) < 4.78 is 1.81. The Morgan fingerprint density at radius 2 is 1.73 bits per heavy atom. The number of aromatic nitrogens is 2. The molecule has 2 heterocycles. The van der Waals surface area contributed by atoms with Gasteiger partial charge >= 0.3 is 0 Å². The summed E-state index contributed by atoms with van der Waals surface area (Å²) in [7, 11) is 0. The predicted octanol–water partition coefficient (Wildman–Crippen LogP) is 2.68. The van der Waals surface area contributed by atoms with E-state index in [1.54, 1.807) is 0 Å². The zero-order chi connectivity index (χ0) is 18.1. The van der Waals surface area contributed by atoms with Crippen LogP contribution >= 0.6 is 0 Å². The van der Waals surface area contributed by atoms with E-state index in [4.69, 9.17) is 5.10 Å². The fourth-order valence-electron chi connectivity index (χ4n) is 5.08. The molecule has 0 bridgehead atoms. The number of hydrogen-bond donors (Lipinski definition) is 1. The third-order valence-corrected chi connectivity index (χ3v) is 6.76.